The minimum atomic E-state index is -0.378. The Morgan fingerprint density at radius 2 is 1.52 bits per heavy atom. The second kappa shape index (κ2) is 6.06. The monoisotopic (exact) mass is 316 g/mol. The van der Waals surface area contributed by atoms with Crippen LogP contribution in [0.5, 0.6) is 0 Å². The van der Waals surface area contributed by atoms with Crippen molar-refractivity contribution in [1.82, 2.24) is 0 Å². The number of Topliss-reactive ketones (excluding diaryl/α,β-unsaturated/α-hetero) is 1. The number of carbonyl (C=O) groups excluding carboxylic acids is 1. The van der Waals surface area contributed by atoms with E-state index in [9.17, 15) is 4.79 Å². The van der Waals surface area contributed by atoms with Crippen LogP contribution in [-0.2, 0) is 9.31 Å². The van der Waals surface area contributed by atoms with Gasteiger partial charge < -0.3 is 9.31 Å². The Morgan fingerprint density at radius 1 is 1.04 bits per heavy atom. The molecule has 0 aromatic heterocycles. The highest BCUT2D eigenvalue weighted by Crippen LogP contribution is 2.46. The molecule has 23 heavy (non-hydrogen) atoms. The third-order valence-electron chi connectivity index (χ3n) is 5.21. The van der Waals surface area contributed by atoms with Gasteiger partial charge in [-0.25, -0.2) is 0 Å². The van der Waals surface area contributed by atoms with Crippen molar-refractivity contribution in [3.63, 3.8) is 0 Å². The van der Waals surface area contributed by atoms with Crippen LogP contribution in [0.15, 0.2) is 30.3 Å². The predicted octanol–water partition coefficient (Wildman–Crippen LogP) is 4.77. The molecule has 1 heterocycles. The fraction of sp³-hybridized carbons (Fsp3) is 0.632. The van der Waals surface area contributed by atoms with Crippen LogP contribution in [0.4, 0.5) is 0 Å². The molecular formula is C19H29BO3. The Hall–Kier alpha value is -1.13. The number of hydrogen-bond acceptors (Lipinski definition) is 3. The summed E-state index contributed by atoms with van der Waals surface area (Å²) in [7, 11) is -0.368. The van der Waals surface area contributed by atoms with Gasteiger partial charge in [0.05, 0.1) is 11.2 Å². The summed E-state index contributed by atoms with van der Waals surface area (Å²) in [6.07, 6.45) is 0.421. The predicted molar refractivity (Wildman–Crippen MR) is 94.7 cm³/mol. The normalized spacial score (nSPS) is 21.3. The molecule has 1 fully saturated rings. The summed E-state index contributed by atoms with van der Waals surface area (Å²) in [4.78, 5) is 12.7. The quantitative estimate of drug-likeness (QED) is 0.593. The SMILES string of the molecule is CC(C)(C)C(CC(=O)c1ccccc1)B1OC(C)(C)C(C)(C)O1. The van der Waals surface area contributed by atoms with Gasteiger partial charge in [0.2, 0.25) is 0 Å². The van der Waals surface area contributed by atoms with Gasteiger partial charge in [-0.05, 0) is 33.1 Å². The van der Waals surface area contributed by atoms with Crippen molar-refractivity contribution in [2.45, 2.75) is 71.9 Å². The molecule has 2 rings (SSSR count). The number of hydrogen-bond donors (Lipinski definition) is 0. The molecule has 0 N–H and O–H groups in total. The van der Waals surface area contributed by atoms with Gasteiger partial charge in [0.1, 0.15) is 0 Å². The van der Waals surface area contributed by atoms with Crippen molar-refractivity contribution in [2.24, 2.45) is 5.41 Å². The van der Waals surface area contributed by atoms with E-state index >= 15 is 0 Å². The highest BCUT2D eigenvalue weighted by atomic mass is 16.7. The van der Waals surface area contributed by atoms with E-state index in [-0.39, 0.29) is 35.3 Å². The minimum absolute atomic E-state index is 0.00347. The van der Waals surface area contributed by atoms with E-state index in [0.717, 1.165) is 5.56 Å². The van der Waals surface area contributed by atoms with Gasteiger partial charge in [-0.15, -0.1) is 0 Å². The summed E-state index contributed by atoms with van der Waals surface area (Å²) >= 11 is 0. The van der Waals surface area contributed by atoms with Crippen molar-refractivity contribution < 1.29 is 14.1 Å². The van der Waals surface area contributed by atoms with Crippen LogP contribution in [-0.4, -0.2) is 24.1 Å². The average Bonchev–Trinajstić information content (AvgIpc) is 2.63. The van der Waals surface area contributed by atoms with Gasteiger partial charge >= 0.3 is 7.12 Å². The fourth-order valence-electron chi connectivity index (χ4n) is 2.81. The van der Waals surface area contributed by atoms with Crippen LogP contribution in [0.25, 0.3) is 0 Å². The van der Waals surface area contributed by atoms with Crippen molar-refractivity contribution in [1.29, 1.82) is 0 Å². The van der Waals surface area contributed by atoms with Crippen molar-refractivity contribution in [3.05, 3.63) is 35.9 Å². The number of benzene rings is 1. The Kier molecular flexibility index (Phi) is 4.80. The largest absolute Gasteiger partial charge is 0.462 e. The van der Waals surface area contributed by atoms with E-state index < -0.39 is 0 Å². The summed E-state index contributed by atoms with van der Waals surface area (Å²) in [5.74, 6) is 0.136. The third kappa shape index (κ3) is 3.86. The lowest BCUT2D eigenvalue weighted by Gasteiger charge is -2.32. The summed E-state index contributed by atoms with van der Waals surface area (Å²) in [6, 6.07) is 9.45. The summed E-state index contributed by atoms with van der Waals surface area (Å²) in [5.41, 5.74) is -0.0993. The molecule has 3 nitrogen and oxygen atoms in total. The van der Waals surface area contributed by atoms with Crippen molar-refractivity contribution in [3.8, 4) is 0 Å². The lowest BCUT2D eigenvalue weighted by Crippen LogP contribution is -2.41. The first-order valence-corrected chi connectivity index (χ1v) is 8.38. The topological polar surface area (TPSA) is 35.5 Å². The zero-order valence-corrected chi connectivity index (χ0v) is 15.5. The third-order valence-corrected chi connectivity index (χ3v) is 5.21. The molecule has 1 aliphatic rings. The maximum Gasteiger partial charge on any atom is 0.462 e. The number of ketones is 1. The molecule has 1 atom stereocenters. The molecule has 1 saturated heterocycles. The zero-order chi connectivity index (χ0) is 17.5. The molecule has 4 heteroatoms. The number of rotatable bonds is 4. The molecule has 0 amide bonds. The van der Waals surface area contributed by atoms with Gasteiger partial charge in [0.25, 0.3) is 0 Å². The minimum Gasteiger partial charge on any atom is -0.403 e. The first-order valence-electron chi connectivity index (χ1n) is 8.38. The lowest BCUT2D eigenvalue weighted by molar-refractivity contribution is 0.00578. The molecule has 1 aromatic rings. The second-order valence-corrected chi connectivity index (χ2v) is 8.59. The van der Waals surface area contributed by atoms with Gasteiger partial charge in [0, 0.05) is 17.8 Å². The summed E-state index contributed by atoms with van der Waals surface area (Å²) in [6.45, 7) is 14.6. The fourth-order valence-corrected chi connectivity index (χ4v) is 2.81. The maximum absolute atomic E-state index is 12.7. The summed E-state index contributed by atoms with van der Waals surface area (Å²) in [5, 5.41) is 0. The van der Waals surface area contributed by atoms with E-state index in [2.05, 4.69) is 20.8 Å². The Balaban J connectivity index is 2.22. The Labute approximate surface area is 140 Å². The summed E-state index contributed by atoms with van der Waals surface area (Å²) < 4.78 is 12.4. The smallest absolute Gasteiger partial charge is 0.403 e. The molecule has 0 aliphatic carbocycles. The van der Waals surface area contributed by atoms with E-state index in [1.807, 2.05) is 58.0 Å². The van der Waals surface area contributed by atoms with Gasteiger partial charge in [0.15, 0.2) is 5.78 Å². The molecule has 0 radical (unpaired) electrons. The molecule has 1 aromatic carbocycles. The molecule has 0 saturated carbocycles. The van der Waals surface area contributed by atoms with Crippen LogP contribution < -0.4 is 0 Å². The van der Waals surface area contributed by atoms with E-state index in [0.29, 0.717) is 6.42 Å². The molecule has 0 bridgehead atoms. The van der Waals surface area contributed by atoms with Crippen LogP contribution in [0.3, 0.4) is 0 Å². The van der Waals surface area contributed by atoms with Crippen LogP contribution in [0.1, 0.15) is 65.2 Å². The standard InChI is InChI=1S/C19H29BO3/c1-17(2,3)16(13-15(21)14-11-9-8-10-12-14)20-22-18(4,5)19(6,7)23-20/h8-12,16H,13H2,1-7H3. The van der Waals surface area contributed by atoms with Crippen molar-refractivity contribution >= 4 is 12.9 Å². The Morgan fingerprint density at radius 3 is 1.96 bits per heavy atom. The molecule has 126 valence electrons. The number of carbonyl (C=O) groups is 1. The second-order valence-electron chi connectivity index (χ2n) is 8.59. The first-order chi connectivity index (χ1) is 10.4. The van der Waals surface area contributed by atoms with Gasteiger partial charge in [-0.1, -0.05) is 51.1 Å². The Bertz CT molecular complexity index is 542. The lowest BCUT2D eigenvalue weighted by atomic mass is 9.57. The van der Waals surface area contributed by atoms with E-state index in [1.54, 1.807) is 0 Å². The van der Waals surface area contributed by atoms with Gasteiger partial charge in [-0.3, -0.25) is 4.79 Å². The maximum atomic E-state index is 12.7. The van der Waals surface area contributed by atoms with Crippen molar-refractivity contribution in [2.75, 3.05) is 0 Å². The van der Waals surface area contributed by atoms with Gasteiger partial charge in [-0.2, -0.15) is 0 Å². The van der Waals surface area contributed by atoms with Crippen LogP contribution in [0, 0.1) is 5.41 Å². The first kappa shape index (κ1) is 18.2. The van der Waals surface area contributed by atoms with Crippen LogP contribution in [0.2, 0.25) is 5.82 Å². The average molecular weight is 316 g/mol. The molecule has 0 spiro atoms. The molecule has 1 unspecified atom stereocenters. The highest BCUT2D eigenvalue weighted by molar-refractivity contribution is 6.48. The zero-order valence-electron chi connectivity index (χ0n) is 15.5. The molecular weight excluding hydrogens is 287 g/mol. The van der Waals surface area contributed by atoms with E-state index in [1.165, 1.54) is 0 Å². The van der Waals surface area contributed by atoms with Crippen LogP contribution >= 0.6 is 0 Å². The highest BCUT2D eigenvalue weighted by Gasteiger charge is 2.55. The van der Waals surface area contributed by atoms with E-state index in [4.69, 9.17) is 9.31 Å². The molecule has 1 aliphatic heterocycles.